The van der Waals surface area contributed by atoms with E-state index in [-0.39, 0.29) is 23.8 Å². The monoisotopic (exact) mass is 305 g/mol. The quantitative estimate of drug-likeness (QED) is 0.866. The Morgan fingerprint density at radius 1 is 1.32 bits per heavy atom. The van der Waals surface area contributed by atoms with Crippen LogP contribution in [0, 0.1) is 5.92 Å². The molecule has 6 heteroatoms. The van der Waals surface area contributed by atoms with Crippen LogP contribution in [0.2, 0.25) is 0 Å². The highest BCUT2D eigenvalue weighted by Crippen LogP contribution is 2.23. The van der Waals surface area contributed by atoms with Gasteiger partial charge in [-0.2, -0.15) is 0 Å². The smallest absolute Gasteiger partial charge is 0.243 e. The molecular formula is C16H23N3O3. The van der Waals surface area contributed by atoms with E-state index < -0.39 is 0 Å². The highest BCUT2D eigenvalue weighted by atomic mass is 16.3. The number of hydrogen-bond acceptors (Lipinski definition) is 4. The second kappa shape index (κ2) is 6.96. The summed E-state index contributed by atoms with van der Waals surface area (Å²) in [5, 5.41) is 6.15. The van der Waals surface area contributed by atoms with E-state index in [0.29, 0.717) is 13.1 Å². The highest BCUT2D eigenvalue weighted by Gasteiger charge is 2.37. The number of hydrogen-bond donors (Lipinski definition) is 2. The van der Waals surface area contributed by atoms with Gasteiger partial charge in [0.2, 0.25) is 11.8 Å². The topological polar surface area (TPSA) is 74.6 Å². The summed E-state index contributed by atoms with van der Waals surface area (Å²) < 4.78 is 5.21. The number of carbonyl (C=O) groups excluding carboxylic acids is 2. The van der Waals surface area contributed by atoms with Gasteiger partial charge >= 0.3 is 0 Å². The van der Waals surface area contributed by atoms with Crippen LogP contribution in [0.25, 0.3) is 0 Å². The molecule has 120 valence electrons. The van der Waals surface area contributed by atoms with Crippen molar-refractivity contribution in [2.45, 2.75) is 38.3 Å². The first kappa shape index (κ1) is 15.1. The first-order valence-electron chi connectivity index (χ1n) is 8.07. The SMILES string of the molecule is O=C(NCc1ccco1)C1CCCN1C(=O)C1CCNCC1. The summed E-state index contributed by atoms with van der Waals surface area (Å²) in [6.45, 7) is 2.85. The maximum absolute atomic E-state index is 12.6. The molecule has 0 spiro atoms. The summed E-state index contributed by atoms with van der Waals surface area (Å²) in [5.41, 5.74) is 0. The van der Waals surface area contributed by atoms with Crippen molar-refractivity contribution in [1.82, 2.24) is 15.5 Å². The molecule has 3 heterocycles. The van der Waals surface area contributed by atoms with E-state index in [4.69, 9.17) is 4.42 Å². The number of nitrogens with one attached hydrogen (secondary N) is 2. The van der Waals surface area contributed by atoms with Crippen molar-refractivity contribution in [2.24, 2.45) is 5.92 Å². The minimum atomic E-state index is -0.322. The van der Waals surface area contributed by atoms with Crippen LogP contribution in [0.5, 0.6) is 0 Å². The molecular weight excluding hydrogens is 282 g/mol. The van der Waals surface area contributed by atoms with Gasteiger partial charge in [-0.25, -0.2) is 0 Å². The third-order valence-electron chi connectivity index (χ3n) is 4.54. The lowest BCUT2D eigenvalue weighted by Gasteiger charge is -2.30. The summed E-state index contributed by atoms with van der Waals surface area (Å²) >= 11 is 0. The van der Waals surface area contributed by atoms with Crippen molar-refractivity contribution in [2.75, 3.05) is 19.6 Å². The Balaban J connectivity index is 1.57. The largest absolute Gasteiger partial charge is 0.467 e. The number of likely N-dealkylation sites (tertiary alicyclic amines) is 1. The van der Waals surface area contributed by atoms with E-state index in [1.807, 2.05) is 6.07 Å². The molecule has 2 fully saturated rings. The molecule has 1 atom stereocenters. The summed E-state index contributed by atoms with van der Waals surface area (Å²) in [6, 6.07) is 3.30. The van der Waals surface area contributed by atoms with Gasteiger partial charge in [-0.3, -0.25) is 9.59 Å². The average molecular weight is 305 g/mol. The maximum atomic E-state index is 12.6. The summed E-state index contributed by atoms with van der Waals surface area (Å²) in [4.78, 5) is 26.8. The molecule has 1 unspecified atom stereocenters. The predicted octanol–water partition coefficient (Wildman–Crippen LogP) is 0.886. The first-order chi connectivity index (χ1) is 10.8. The highest BCUT2D eigenvalue weighted by molar-refractivity contribution is 5.89. The van der Waals surface area contributed by atoms with E-state index in [9.17, 15) is 9.59 Å². The van der Waals surface area contributed by atoms with Crippen LogP contribution in [0.15, 0.2) is 22.8 Å². The standard InChI is InChI=1S/C16H23N3O3/c20-15(18-11-13-3-2-10-22-13)14-4-1-9-19(14)16(21)12-5-7-17-8-6-12/h2-3,10,12,14,17H,1,4-9,11H2,(H,18,20). The number of rotatable bonds is 4. The zero-order valence-corrected chi connectivity index (χ0v) is 12.7. The van der Waals surface area contributed by atoms with Gasteiger partial charge in [-0.15, -0.1) is 0 Å². The van der Waals surface area contributed by atoms with E-state index in [0.717, 1.165) is 44.5 Å². The fourth-order valence-corrected chi connectivity index (χ4v) is 3.31. The lowest BCUT2D eigenvalue weighted by Crippen LogP contribution is -2.49. The Bertz CT molecular complexity index is 509. The molecule has 0 aromatic carbocycles. The van der Waals surface area contributed by atoms with Crippen molar-refractivity contribution < 1.29 is 14.0 Å². The van der Waals surface area contributed by atoms with Gasteiger partial charge < -0.3 is 20.0 Å². The summed E-state index contributed by atoms with van der Waals surface area (Å²) in [7, 11) is 0. The molecule has 22 heavy (non-hydrogen) atoms. The van der Waals surface area contributed by atoms with Crippen molar-refractivity contribution in [3.05, 3.63) is 24.2 Å². The van der Waals surface area contributed by atoms with Gasteiger partial charge in [0.05, 0.1) is 12.8 Å². The molecule has 1 aromatic rings. The molecule has 3 rings (SSSR count). The molecule has 0 radical (unpaired) electrons. The van der Waals surface area contributed by atoms with Crippen LogP contribution >= 0.6 is 0 Å². The van der Waals surface area contributed by atoms with Crippen molar-refractivity contribution in [1.29, 1.82) is 0 Å². The molecule has 2 aliphatic heterocycles. The fourth-order valence-electron chi connectivity index (χ4n) is 3.31. The van der Waals surface area contributed by atoms with Crippen LogP contribution in [-0.2, 0) is 16.1 Å². The minimum absolute atomic E-state index is 0.0692. The van der Waals surface area contributed by atoms with Crippen molar-refractivity contribution in [3.63, 3.8) is 0 Å². The van der Waals surface area contributed by atoms with E-state index >= 15 is 0 Å². The first-order valence-corrected chi connectivity index (χ1v) is 8.07. The average Bonchev–Trinajstić information content (AvgIpc) is 3.24. The molecule has 2 amide bonds. The second-order valence-corrected chi connectivity index (χ2v) is 6.01. The Kier molecular flexibility index (Phi) is 4.77. The zero-order chi connectivity index (χ0) is 15.4. The van der Waals surface area contributed by atoms with E-state index in [1.165, 1.54) is 0 Å². The van der Waals surface area contributed by atoms with Gasteiger partial charge in [0, 0.05) is 12.5 Å². The molecule has 2 aliphatic rings. The molecule has 0 bridgehead atoms. The van der Waals surface area contributed by atoms with Gasteiger partial charge in [0.25, 0.3) is 0 Å². The molecule has 0 aliphatic carbocycles. The fraction of sp³-hybridized carbons (Fsp3) is 0.625. The molecule has 6 nitrogen and oxygen atoms in total. The van der Waals surface area contributed by atoms with Crippen molar-refractivity contribution >= 4 is 11.8 Å². The lowest BCUT2D eigenvalue weighted by atomic mass is 9.96. The third-order valence-corrected chi connectivity index (χ3v) is 4.54. The number of carbonyl (C=O) groups is 2. The Labute approximate surface area is 130 Å². The van der Waals surface area contributed by atoms with E-state index in [1.54, 1.807) is 17.2 Å². The third kappa shape index (κ3) is 3.32. The van der Waals surface area contributed by atoms with Gasteiger partial charge in [-0.05, 0) is 50.9 Å². The van der Waals surface area contributed by atoms with Gasteiger partial charge in [0.1, 0.15) is 11.8 Å². The predicted molar refractivity (Wildman–Crippen MR) is 80.9 cm³/mol. The molecule has 2 saturated heterocycles. The zero-order valence-electron chi connectivity index (χ0n) is 12.7. The van der Waals surface area contributed by atoms with Gasteiger partial charge in [-0.1, -0.05) is 0 Å². The number of furan rings is 1. The molecule has 1 aromatic heterocycles. The van der Waals surface area contributed by atoms with Crippen LogP contribution in [0.4, 0.5) is 0 Å². The van der Waals surface area contributed by atoms with Crippen LogP contribution in [-0.4, -0.2) is 42.4 Å². The van der Waals surface area contributed by atoms with Crippen LogP contribution in [0.3, 0.4) is 0 Å². The lowest BCUT2D eigenvalue weighted by molar-refractivity contribution is -0.142. The van der Waals surface area contributed by atoms with Crippen molar-refractivity contribution in [3.8, 4) is 0 Å². The minimum Gasteiger partial charge on any atom is -0.467 e. The molecule has 2 N–H and O–H groups in total. The Hall–Kier alpha value is -1.82. The summed E-state index contributed by atoms with van der Waals surface area (Å²) in [5.74, 6) is 0.871. The maximum Gasteiger partial charge on any atom is 0.243 e. The van der Waals surface area contributed by atoms with E-state index in [2.05, 4.69) is 10.6 Å². The summed E-state index contributed by atoms with van der Waals surface area (Å²) in [6.07, 6.45) is 4.98. The van der Waals surface area contributed by atoms with Crippen LogP contribution in [0.1, 0.15) is 31.4 Å². The van der Waals surface area contributed by atoms with Crippen LogP contribution < -0.4 is 10.6 Å². The Morgan fingerprint density at radius 3 is 2.86 bits per heavy atom. The number of piperidine rings is 1. The second-order valence-electron chi connectivity index (χ2n) is 6.01. The van der Waals surface area contributed by atoms with Gasteiger partial charge in [0.15, 0.2) is 0 Å². The number of nitrogens with zero attached hydrogens (tertiary/aromatic N) is 1. The normalized spacial score (nSPS) is 22.7. The number of amides is 2. The molecule has 0 saturated carbocycles. The Morgan fingerprint density at radius 2 is 2.14 bits per heavy atom.